The van der Waals surface area contributed by atoms with Gasteiger partial charge in [0.25, 0.3) is 5.91 Å². The topological polar surface area (TPSA) is 71.5 Å². The Labute approximate surface area is 158 Å². The molecule has 4 rings (SSSR count). The zero-order valence-corrected chi connectivity index (χ0v) is 15.4. The molecule has 1 fully saturated rings. The number of benzene rings is 1. The Morgan fingerprint density at radius 3 is 2.81 bits per heavy atom. The summed E-state index contributed by atoms with van der Waals surface area (Å²) in [5, 5.41) is 3.16. The highest BCUT2D eigenvalue weighted by molar-refractivity contribution is 5.94. The molecular weight excluding hydrogens is 342 g/mol. The highest BCUT2D eigenvalue weighted by Gasteiger charge is 2.43. The van der Waals surface area contributed by atoms with E-state index in [1.807, 2.05) is 31.3 Å². The Morgan fingerprint density at radius 2 is 2.00 bits per heavy atom. The molecule has 140 valence electrons. The molecule has 6 heteroatoms. The molecule has 0 unspecified atom stereocenters. The molecule has 2 aliphatic rings. The lowest BCUT2D eigenvalue weighted by molar-refractivity contribution is -0.129. The first kappa shape index (κ1) is 17.5. The summed E-state index contributed by atoms with van der Waals surface area (Å²) in [6, 6.07) is 11.1. The molecule has 1 aromatic carbocycles. The maximum absolute atomic E-state index is 12.7. The van der Waals surface area contributed by atoms with Crippen molar-refractivity contribution in [3.63, 3.8) is 0 Å². The van der Waals surface area contributed by atoms with Crippen LogP contribution in [0.15, 0.2) is 48.8 Å². The summed E-state index contributed by atoms with van der Waals surface area (Å²) in [5.74, 6) is 0.809. The smallest absolute Gasteiger partial charge is 0.251 e. The second-order valence-electron chi connectivity index (χ2n) is 7.35. The molecule has 0 radical (unpaired) electrons. The van der Waals surface area contributed by atoms with Crippen molar-refractivity contribution in [3.8, 4) is 5.75 Å². The van der Waals surface area contributed by atoms with Crippen LogP contribution < -0.4 is 10.1 Å². The van der Waals surface area contributed by atoms with E-state index >= 15 is 0 Å². The molecule has 27 heavy (non-hydrogen) atoms. The van der Waals surface area contributed by atoms with Crippen molar-refractivity contribution in [1.82, 2.24) is 15.2 Å². The Bertz CT molecular complexity index is 855. The lowest BCUT2D eigenvalue weighted by atomic mass is 9.82. The number of hydrogen-bond acceptors (Lipinski definition) is 4. The molecule has 0 aliphatic carbocycles. The van der Waals surface area contributed by atoms with E-state index in [-0.39, 0.29) is 17.9 Å². The molecule has 1 N–H and O–H groups in total. The van der Waals surface area contributed by atoms with Crippen LogP contribution in [-0.4, -0.2) is 40.9 Å². The molecule has 2 aromatic rings. The average Bonchev–Trinajstić information content (AvgIpc) is 2.83. The van der Waals surface area contributed by atoms with Gasteiger partial charge in [0, 0.05) is 56.4 Å². The van der Waals surface area contributed by atoms with E-state index < -0.39 is 5.60 Å². The monoisotopic (exact) mass is 365 g/mol. The van der Waals surface area contributed by atoms with Crippen LogP contribution in [0.4, 0.5) is 0 Å². The molecular formula is C21H23N3O3. The number of fused-ring (bicyclic) bond motifs is 1. The van der Waals surface area contributed by atoms with Gasteiger partial charge in [-0.1, -0.05) is 18.2 Å². The highest BCUT2D eigenvalue weighted by Crippen LogP contribution is 2.44. The fourth-order valence-electron chi connectivity index (χ4n) is 3.94. The fraction of sp³-hybridized carbons (Fsp3) is 0.381. The molecule has 2 aliphatic heterocycles. The fourth-order valence-corrected chi connectivity index (χ4v) is 3.94. The first-order valence-corrected chi connectivity index (χ1v) is 9.29. The minimum absolute atomic E-state index is 0.129. The van der Waals surface area contributed by atoms with Gasteiger partial charge in [0.1, 0.15) is 11.4 Å². The SMILES string of the molecule is CN1CC[C@]2(CCC1=O)C[C@@H](NC(=O)c1ccncc1)c1ccccc1O2. The van der Waals surface area contributed by atoms with E-state index in [2.05, 4.69) is 10.3 Å². The van der Waals surface area contributed by atoms with Gasteiger partial charge in [-0.2, -0.15) is 0 Å². The van der Waals surface area contributed by atoms with Crippen molar-refractivity contribution in [2.24, 2.45) is 0 Å². The highest BCUT2D eigenvalue weighted by atomic mass is 16.5. The Hall–Kier alpha value is -2.89. The van der Waals surface area contributed by atoms with Crippen LogP contribution in [0.2, 0.25) is 0 Å². The van der Waals surface area contributed by atoms with Crippen molar-refractivity contribution in [1.29, 1.82) is 0 Å². The largest absolute Gasteiger partial charge is 0.487 e. The normalized spacial score (nSPS) is 24.7. The number of nitrogens with zero attached hydrogens (tertiary/aromatic N) is 2. The third-order valence-electron chi connectivity index (χ3n) is 5.57. The second kappa shape index (κ2) is 7.02. The van der Waals surface area contributed by atoms with Crippen LogP contribution in [0.1, 0.15) is 47.6 Å². The van der Waals surface area contributed by atoms with E-state index in [0.717, 1.165) is 17.7 Å². The van der Waals surface area contributed by atoms with E-state index in [4.69, 9.17) is 4.74 Å². The number of hydrogen-bond donors (Lipinski definition) is 1. The van der Waals surface area contributed by atoms with E-state index in [1.54, 1.807) is 29.4 Å². The summed E-state index contributed by atoms with van der Waals surface area (Å²) in [5.41, 5.74) is 1.12. The molecule has 6 nitrogen and oxygen atoms in total. The molecule has 1 aromatic heterocycles. The number of amides is 2. The van der Waals surface area contributed by atoms with Crippen molar-refractivity contribution < 1.29 is 14.3 Å². The van der Waals surface area contributed by atoms with Gasteiger partial charge < -0.3 is 15.0 Å². The van der Waals surface area contributed by atoms with E-state index in [1.165, 1.54) is 0 Å². The molecule has 1 spiro atoms. The van der Waals surface area contributed by atoms with E-state index in [9.17, 15) is 9.59 Å². The molecule has 0 bridgehead atoms. The van der Waals surface area contributed by atoms with Crippen molar-refractivity contribution >= 4 is 11.8 Å². The Morgan fingerprint density at radius 1 is 1.22 bits per heavy atom. The number of ether oxygens (including phenoxy) is 1. The number of para-hydroxylation sites is 1. The van der Waals surface area contributed by atoms with Gasteiger partial charge in [-0.05, 0) is 24.6 Å². The maximum atomic E-state index is 12.7. The summed E-state index contributed by atoms with van der Waals surface area (Å²) < 4.78 is 6.41. The molecule has 3 heterocycles. The maximum Gasteiger partial charge on any atom is 0.251 e. The molecule has 0 saturated carbocycles. The number of aromatic nitrogens is 1. The Kier molecular flexibility index (Phi) is 4.56. The van der Waals surface area contributed by atoms with Crippen LogP contribution in [0.5, 0.6) is 5.75 Å². The van der Waals surface area contributed by atoms with Gasteiger partial charge in [0.2, 0.25) is 5.91 Å². The van der Waals surface area contributed by atoms with Gasteiger partial charge in [-0.15, -0.1) is 0 Å². The van der Waals surface area contributed by atoms with Crippen LogP contribution in [0.25, 0.3) is 0 Å². The van der Waals surface area contributed by atoms with Gasteiger partial charge in [-0.3, -0.25) is 14.6 Å². The molecule has 2 atom stereocenters. The number of rotatable bonds is 2. The zero-order valence-electron chi connectivity index (χ0n) is 15.4. The van der Waals surface area contributed by atoms with Crippen LogP contribution in [0.3, 0.4) is 0 Å². The van der Waals surface area contributed by atoms with Crippen molar-refractivity contribution in [2.75, 3.05) is 13.6 Å². The molecule has 2 amide bonds. The first-order valence-electron chi connectivity index (χ1n) is 9.29. The van der Waals surface area contributed by atoms with Gasteiger partial charge >= 0.3 is 0 Å². The third kappa shape index (κ3) is 3.52. The van der Waals surface area contributed by atoms with Gasteiger partial charge in [-0.25, -0.2) is 0 Å². The third-order valence-corrected chi connectivity index (χ3v) is 5.57. The number of nitrogens with one attached hydrogen (secondary N) is 1. The minimum atomic E-state index is -0.440. The number of carbonyl (C=O) groups excluding carboxylic acids is 2. The zero-order chi connectivity index (χ0) is 18.9. The van der Waals surface area contributed by atoms with Crippen LogP contribution >= 0.6 is 0 Å². The Balaban J connectivity index is 1.62. The first-order chi connectivity index (χ1) is 13.1. The number of likely N-dealkylation sites (tertiary alicyclic amines) is 1. The predicted molar refractivity (Wildman–Crippen MR) is 100 cm³/mol. The number of carbonyl (C=O) groups is 2. The molecule has 1 saturated heterocycles. The summed E-state index contributed by atoms with van der Waals surface area (Å²) in [4.78, 5) is 30.6. The summed E-state index contributed by atoms with van der Waals surface area (Å²) in [6.07, 6.45) is 5.76. The van der Waals surface area contributed by atoms with Gasteiger partial charge in [0.15, 0.2) is 0 Å². The van der Waals surface area contributed by atoms with Crippen LogP contribution in [-0.2, 0) is 4.79 Å². The standard InChI is InChI=1S/C21H23N3O3/c1-24-13-10-21(9-6-19(24)25)14-17(16-4-2-3-5-18(16)27-21)23-20(26)15-7-11-22-12-8-15/h2-5,7-8,11-12,17H,6,9-10,13-14H2,1H3,(H,23,26)/t17-,21-/m1/s1. The van der Waals surface area contributed by atoms with E-state index in [0.29, 0.717) is 31.4 Å². The van der Waals surface area contributed by atoms with Crippen molar-refractivity contribution in [3.05, 3.63) is 59.9 Å². The lowest BCUT2D eigenvalue weighted by Gasteiger charge is -2.42. The quantitative estimate of drug-likeness (QED) is 0.888. The summed E-state index contributed by atoms with van der Waals surface area (Å²) in [6.45, 7) is 0.659. The van der Waals surface area contributed by atoms with Gasteiger partial charge in [0.05, 0.1) is 6.04 Å². The van der Waals surface area contributed by atoms with Crippen molar-refractivity contribution in [2.45, 2.75) is 37.3 Å². The number of pyridine rings is 1. The predicted octanol–water partition coefficient (Wildman–Crippen LogP) is 2.72. The summed E-state index contributed by atoms with van der Waals surface area (Å²) >= 11 is 0. The average molecular weight is 365 g/mol. The lowest BCUT2D eigenvalue weighted by Crippen LogP contribution is -2.45. The van der Waals surface area contributed by atoms with Crippen LogP contribution in [0, 0.1) is 0 Å². The second-order valence-corrected chi connectivity index (χ2v) is 7.35. The summed E-state index contributed by atoms with van der Waals surface area (Å²) in [7, 11) is 1.83. The minimum Gasteiger partial charge on any atom is -0.487 e.